The molecule has 21 heavy (non-hydrogen) atoms. The standard InChI is InChI=1S/C18H23FN2/c1-12-9-13(2)11-14(10-12)17(21-20)18(3,4)15-5-7-16(19)8-6-15/h5-11,17,21H,20H2,1-4H3. The second-order valence-electron chi connectivity index (χ2n) is 6.25. The van der Waals surface area contributed by atoms with Gasteiger partial charge in [0.1, 0.15) is 5.82 Å². The predicted octanol–water partition coefficient (Wildman–Crippen LogP) is 3.92. The van der Waals surface area contributed by atoms with Crippen molar-refractivity contribution in [2.75, 3.05) is 0 Å². The van der Waals surface area contributed by atoms with Crippen LogP contribution in [0.5, 0.6) is 0 Å². The minimum Gasteiger partial charge on any atom is -0.271 e. The molecule has 0 aliphatic carbocycles. The van der Waals surface area contributed by atoms with Crippen LogP contribution in [0.25, 0.3) is 0 Å². The number of nitrogens with one attached hydrogen (secondary N) is 1. The number of benzene rings is 2. The van der Waals surface area contributed by atoms with Crippen LogP contribution in [0.15, 0.2) is 42.5 Å². The molecule has 112 valence electrons. The summed E-state index contributed by atoms with van der Waals surface area (Å²) in [6, 6.07) is 13.0. The van der Waals surface area contributed by atoms with E-state index in [2.05, 4.69) is 51.3 Å². The summed E-state index contributed by atoms with van der Waals surface area (Å²) in [4.78, 5) is 0. The van der Waals surface area contributed by atoms with E-state index in [9.17, 15) is 4.39 Å². The number of aryl methyl sites for hydroxylation is 2. The Hall–Kier alpha value is -1.71. The van der Waals surface area contributed by atoms with Crippen molar-refractivity contribution >= 4 is 0 Å². The fraction of sp³-hybridized carbons (Fsp3) is 0.333. The van der Waals surface area contributed by atoms with Gasteiger partial charge in [-0.15, -0.1) is 0 Å². The van der Waals surface area contributed by atoms with E-state index in [1.807, 2.05) is 12.1 Å². The summed E-state index contributed by atoms with van der Waals surface area (Å²) in [5.41, 5.74) is 7.28. The van der Waals surface area contributed by atoms with Crippen LogP contribution in [0.4, 0.5) is 4.39 Å². The fourth-order valence-corrected chi connectivity index (χ4v) is 2.94. The maximum atomic E-state index is 13.1. The van der Waals surface area contributed by atoms with Crippen molar-refractivity contribution in [2.24, 2.45) is 5.84 Å². The molecular weight excluding hydrogens is 263 g/mol. The molecule has 2 nitrogen and oxygen atoms in total. The highest BCUT2D eigenvalue weighted by atomic mass is 19.1. The van der Waals surface area contributed by atoms with Gasteiger partial charge in [-0.3, -0.25) is 11.3 Å². The van der Waals surface area contributed by atoms with E-state index in [-0.39, 0.29) is 17.3 Å². The lowest BCUT2D eigenvalue weighted by Gasteiger charge is -2.35. The largest absolute Gasteiger partial charge is 0.271 e. The first kappa shape index (κ1) is 15.7. The lowest BCUT2D eigenvalue weighted by molar-refractivity contribution is 0.352. The monoisotopic (exact) mass is 286 g/mol. The Morgan fingerprint density at radius 2 is 1.52 bits per heavy atom. The van der Waals surface area contributed by atoms with Gasteiger partial charge in [-0.2, -0.15) is 0 Å². The van der Waals surface area contributed by atoms with E-state index in [0.717, 1.165) is 11.1 Å². The number of nitrogens with two attached hydrogens (primary N) is 1. The maximum absolute atomic E-state index is 13.1. The van der Waals surface area contributed by atoms with Gasteiger partial charge in [-0.25, -0.2) is 4.39 Å². The highest BCUT2D eigenvalue weighted by Crippen LogP contribution is 2.37. The SMILES string of the molecule is Cc1cc(C)cc(C(NN)C(C)(C)c2ccc(F)cc2)c1. The molecule has 1 unspecified atom stereocenters. The van der Waals surface area contributed by atoms with Crippen LogP contribution in [0.2, 0.25) is 0 Å². The molecule has 0 amide bonds. The van der Waals surface area contributed by atoms with Gasteiger partial charge in [0.2, 0.25) is 0 Å². The van der Waals surface area contributed by atoms with Crippen molar-refractivity contribution in [1.82, 2.24) is 5.43 Å². The highest BCUT2D eigenvalue weighted by molar-refractivity contribution is 5.36. The van der Waals surface area contributed by atoms with Crippen molar-refractivity contribution in [2.45, 2.75) is 39.2 Å². The second kappa shape index (κ2) is 5.96. The zero-order valence-corrected chi connectivity index (χ0v) is 13.1. The molecule has 2 aromatic carbocycles. The third-order valence-corrected chi connectivity index (χ3v) is 4.05. The van der Waals surface area contributed by atoms with Crippen molar-refractivity contribution in [3.63, 3.8) is 0 Å². The molecule has 1 atom stereocenters. The van der Waals surface area contributed by atoms with Gasteiger partial charge in [0.05, 0.1) is 6.04 Å². The first-order chi connectivity index (χ1) is 9.84. The number of halogens is 1. The molecule has 0 heterocycles. The zero-order chi connectivity index (χ0) is 15.6. The zero-order valence-electron chi connectivity index (χ0n) is 13.1. The van der Waals surface area contributed by atoms with E-state index in [1.165, 1.54) is 23.3 Å². The fourth-order valence-electron chi connectivity index (χ4n) is 2.94. The van der Waals surface area contributed by atoms with Gasteiger partial charge < -0.3 is 0 Å². The average Bonchev–Trinajstić information content (AvgIpc) is 2.38. The quantitative estimate of drug-likeness (QED) is 0.660. The van der Waals surface area contributed by atoms with Gasteiger partial charge >= 0.3 is 0 Å². The maximum Gasteiger partial charge on any atom is 0.123 e. The van der Waals surface area contributed by atoms with Crippen LogP contribution in [0.1, 0.15) is 42.1 Å². The smallest absolute Gasteiger partial charge is 0.123 e. The van der Waals surface area contributed by atoms with E-state index in [4.69, 9.17) is 5.84 Å². The molecule has 0 spiro atoms. The molecule has 2 aromatic rings. The van der Waals surface area contributed by atoms with Crippen molar-refractivity contribution < 1.29 is 4.39 Å². The minimum absolute atomic E-state index is 0.0541. The van der Waals surface area contributed by atoms with Crippen molar-refractivity contribution in [3.8, 4) is 0 Å². The van der Waals surface area contributed by atoms with E-state index < -0.39 is 0 Å². The molecule has 3 N–H and O–H groups in total. The number of hydrazine groups is 1. The summed E-state index contributed by atoms with van der Waals surface area (Å²) in [5.74, 6) is 5.61. The summed E-state index contributed by atoms with van der Waals surface area (Å²) in [7, 11) is 0. The van der Waals surface area contributed by atoms with Crippen molar-refractivity contribution in [3.05, 3.63) is 70.5 Å². The Kier molecular flexibility index (Phi) is 4.45. The molecule has 3 heteroatoms. The van der Waals surface area contributed by atoms with Crippen LogP contribution in [-0.4, -0.2) is 0 Å². The Bertz CT molecular complexity index is 597. The van der Waals surface area contributed by atoms with Crippen LogP contribution < -0.4 is 11.3 Å². The molecular formula is C18H23FN2. The Morgan fingerprint density at radius 3 is 2.00 bits per heavy atom. The Balaban J connectivity index is 2.45. The van der Waals surface area contributed by atoms with E-state index >= 15 is 0 Å². The summed E-state index contributed by atoms with van der Waals surface area (Å²) in [6.45, 7) is 8.38. The van der Waals surface area contributed by atoms with Gasteiger partial charge in [0.15, 0.2) is 0 Å². The minimum atomic E-state index is -0.261. The first-order valence-electron chi connectivity index (χ1n) is 7.15. The van der Waals surface area contributed by atoms with Crippen molar-refractivity contribution in [1.29, 1.82) is 0 Å². The number of hydrogen-bond acceptors (Lipinski definition) is 2. The molecule has 0 bridgehead atoms. The molecule has 0 aliphatic rings. The number of hydrogen-bond donors (Lipinski definition) is 2. The molecule has 0 saturated carbocycles. The molecule has 0 saturated heterocycles. The molecule has 2 rings (SSSR count). The van der Waals surface area contributed by atoms with Gasteiger partial charge in [-0.05, 0) is 37.1 Å². The summed E-state index contributed by atoms with van der Waals surface area (Å²) in [6.07, 6.45) is 0. The van der Waals surface area contributed by atoms with Crippen LogP contribution in [0, 0.1) is 19.7 Å². The summed E-state index contributed by atoms with van der Waals surface area (Å²) in [5, 5.41) is 0. The third kappa shape index (κ3) is 3.31. The molecule has 0 aliphatic heterocycles. The van der Waals surface area contributed by atoms with E-state index in [1.54, 1.807) is 0 Å². The second-order valence-corrected chi connectivity index (χ2v) is 6.25. The van der Waals surface area contributed by atoms with Crippen LogP contribution >= 0.6 is 0 Å². The molecule has 0 fully saturated rings. The lowest BCUT2D eigenvalue weighted by atomic mass is 9.75. The Labute approximate surface area is 126 Å². The molecule has 0 aromatic heterocycles. The average molecular weight is 286 g/mol. The normalized spacial score (nSPS) is 13.2. The topological polar surface area (TPSA) is 38.0 Å². The first-order valence-corrected chi connectivity index (χ1v) is 7.15. The lowest BCUT2D eigenvalue weighted by Crippen LogP contribution is -2.41. The van der Waals surface area contributed by atoms with Crippen LogP contribution in [0.3, 0.4) is 0 Å². The third-order valence-electron chi connectivity index (χ3n) is 4.05. The van der Waals surface area contributed by atoms with Crippen LogP contribution in [-0.2, 0) is 5.41 Å². The predicted molar refractivity (Wildman–Crippen MR) is 85.4 cm³/mol. The van der Waals surface area contributed by atoms with Gasteiger partial charge in [-0.1, -0.05) is 55.3 Å². The van der Waals surface area contributed by atoms with Gasteiger partial charge in [0.25, 0.3) is 0 Å². The summed E-state index contributed by atoms with van der Waals surface area (Å²) >= 11 is 0. The van der Waals surface area contributed by atoms with Gasteiger partial charge in [0, 0.05) is 5.41 Å². The molecule has 0 radical (unpaired) electrons. The highest BCUT2D eigenvalue weighted by Gasteiger charge is 2.32. The summed E-state index contributed by atoms with van der Waals surface area (Å²) < 4.78 is 13.1. The van der Waals surface area contributed by atoms with E-state index in [0.29, 0.717) is 0 Å². The Morgan fingerprint density at radius 1 is 1.00 bits per heavy atom. The number of rotatable bonds is 4.